The largest absolute Gasteiger partial charge is 0.478 e. The Morgan fingerprint density at radius 1 is 1.38 bits per heavy atom. The Kier molecular flexibility index (Phi) is 4.08. The third-order valence-corrected chi connectivity index (χ3v) is 4.52. The summed E-state index contributed by atoms with van der Waals surface area (Å²) in [5, 5.41) is 9.10. The van der Waals surface area contributed by atoms with Crippen LogP contribution in [0.5, 0.6) is 0 Å². The summed E-state index contributed by atoms with van der Waals surface area (Å²) in [6.07, 6.45) is 0.839. The van der Waals surface area contributed by atoms with E-state index in [1.54, 1.807) is 12.1 Å². The van der Waals surface area contributed by atoms with Crippen molar-refractivity contribution in [2.75, 3.05) is 0 Å². The highest BCUT2D eigenvalue weighted by Gasteiger charge is 2.25. The number of hydrogen-bond donors (Lipinski definition) is 1. The van der Waals surface area contributed by atoms with Crippen LogP contribution < -0.4 is 0 Å². The summed E-state index contributed by atoms with van der Waals surface area (Å²) < 4.78 is 2.24. The van der Waals surface area contributed by atoms with Crippen molar-refractivity contribution in [1.82, 2.24) is 9.55 Å². The third kappa shape index (κ3) is 2.94. The van der Waals surface area contributed by atoms with Gasteiger partial charge in [-0.3, -0.25) is 0 Å². The van der Waals surface area contributed by atoms with Gasteiger partial charge >= 0.3 is 5.97 Å². The molecule has 0 spiro atoms. The van der Waals surface area contributed by atoms with E-state index in [-0.39, 0.29) is 11.0 Å². The lowest BCUT2D eigenvalue weighted by atomic mass is 9.81. The molecule has 0 radical (unpaired) electrons. The first-order valence-corrected chi connectivity index (χ1v) is 7.48. The number of nitrogens with zero attached hydrogens (tertiary/aromatic N) is 2. The van der Waals surface area contributed by atoms with Crippen molar-refractivity contribution >= 4 is 17.0 Å². The Morgan fingerprint density at radius 2 is 2.05 bits per heavy atom. The number of imidazole rings is 1. The molecule has 0 saturated heterocycles. The highest BCUT2D eigenvalue weighted by molar-refractivity contribution is 5.92. The van der Waals surface area contributed by atoms with Crippen molar-refractivity contribution < 1.29 is 9.90 Å². The van der Waals surface area contributed by atoms with Gasteiger partial charge in [0, 0.05) is 13.0 Å². The number of fused-ring (bicyclic) bond motifs is 1. The maximum absolute atomic E-state index is 11.1. The highest BCUT2D eigenvalue weighted by atomic mass is 16.4. The van der Waals surface area contributed by atoms with Crippen LogP contribution in [0, 0.1) is 11.3 Å². The van der Waals surface area contributed by atoms with E-state index < -0.39 is 5.97 Å². The van der Waals surface area contributed by atoms with Crippen molar-refractivity contribution in [2.45, 2.75) is 47.6 Å². The molecule has 2 aromatic rings. The SMILES string of the molecule is CCc1nc2cc(C(=O)O)ccc2n1CC(C)(C)C(C)C. The molecule has 2 rings (SSSR count). The van der Waals surface area contributed by atoms with Crippen LogP contribution in [0.4, 0.5) is 0 Å². The summed E-state index contributed by atoms with van der Waals surface area (Å²) in [5.74, 6) is 0.659. The Labute approximate surface area is 125 Å². The molecule has 21 heavy (non-hydrogen) atoms. The molecule has 4 nitrogen and oxygen atoms in total. The molecule has 0 saturated carbocycles. The fourth-order valence-electron chi connectivity index (χ4n) is 2.35. The van der Waals surface area contributed by atoms with Crippen LogP contribution in [0.3, 0.4) is 0 Å². The number of benzene rings is 1. The topological polar surface area (TPSA) is 55.1 Å². The molecule has 0 aliphatic heterocycles. The number of rotatable bonds is 5. The quantitative estimate of drug-likeness (QED) is 0.905. The molecule has 0 amide bonds. The van der Waals surface area contributed by atoms with Gasteiger partial charge in [0.1, 0.15) is 5.82 Å². The zero-order chi connectivity index (χ0) is 15.8. The van der Waals surface area contributed by atoms with Crippen LogP contribution in [-0.4, -0.2) is 20.6 Å². The summed E-state index contributed by atoms with van der Waals surface area (Å²) in [5.41, 5.74) is 2.23. The van der Waals surface area contributed by atoms with Crippen LogP contribution in [0.2, 0.25) is 0 Å². The van der Waals surface area contributed by atoms with Crippen LogP contribution in [0.15, 0.2) is 18.2 Å². The van der Waals surface area contributed by atoms with Crippen LogP contribution >= 0.6 is 0 Å². The summed E-state index contributed by atoms with van der Waals surface area (Å²) in [6.45, 7) is 11.9. The molecule has 0 aliphatic rings. The van der Waals surface area contributed by atoms with Crippen molar-refractivity contribution in [3.05, 3.63) is 29.6 Å². The minimum absolute atomic E-state index is 0.156. The number of aryl methyl sites for hydroxylation is 1. The van der Waals surface area contributed by atoms with Gasteiger partial charge in [0.25, 0.3) is 0 Å². The number of aromatic nitrogens is 2. The lowest BCUT2D eigenvalue weighted by Crippen LogP contribution is -2.26. The minimum Gasteiger partial charge on any atom is -0.478 e. The van der Waals surface area contributed by atoms with Gasteiger partial charge in [-0.2, -0.15) is 0 Å². The minimum atomic E-state index is -0.910. The lowest BCUT2D eigenvalue weighted by Gasteiger charge is -2.30. The molecule has 0 unspecified atom stereocenters. The number of carbonyl (C=O) groups is 1. The van der Waals surface area contributed by atoms with E-state index in [0.29, 0.717) is 5.92 Å². The second kappa shape index (κ2) is 5.51. The molecule has 1 N–H and O–H groups in total. The molecular weight excluding hydrogens is 264 g/mol. The van der Waals surface area contributed by atoms with Gasteiger partial charge in [-0.1, -0.05) is 34.6 Å². The fraction of sp³-hybridized carbons (Fsp3) is 0.529. The average molecular weight is 288 g/mol. The van der Waals surface area contributed by atoms with E-state index in [0.717, 1.165) is 29.8 Å². The second-order valence-electron chi connectivity index (χ2n) is 6.62. The van der Waals surface area contributed by atoms with E-state index >= 15 is 0 Å². The molecule has 0 fully saturated rings. The van der Waals surface area contributed by atoms with Gasteiger partial charge in [-0.05, 0) is 29.5 Å². The number of hydrogen-bond acceptors (Lipinski definition) is 2. The number of aromatic carboxylic acids is 1. The molecule has 1 heterocycles. The first-order valence-electron chi connectivity index (χ1n) is 7.48. The number of carboxylic acids is 1. The summed E-state index contributed by atoms with van der Waals surface area (Å²) in [6, 6.07) is 5.20. The van der Waals surface area contributed by atoms with Gasteiger partial charge in [-0.15, -0.1) is 0 Å². The first kappa shape index (κ1) is 15.5. The fourth-order valence-corrected chi connectivity index (χ4v) is 2.35. The Hall–Kier alpha value is -1.84. The van der Waals surface area contributed by atoms with Gasteiger partial charge in [-0.25, -0.2) is 9.78 Å². The van der Waals surface area contributed by atoms with Crippen molar-refractivity contribution in [1.29, 1.82) is 0 Å². The second-order valence-corrected chi connectivity index (χ2v) is 6.62. The predicted octanol–water partition coefficient (Wildman–Crippen LogP) is 3.98. The standard InChI is InChI=1S/C17H24N2O2/c1-6-15-18-13-9-12(16(20)21)7-8-14(13)19(15)10-17(4,5)11(2)3/h7-9,11H,6,10H2,1-5H3,(H,20,21). The third-order valence-electron chi connectivity index (χ3n) is 4.52. The van der Waals surface area contributed by atoms with E-state index in [4.69, 9.17) is 5.11 Å². The molecule has 114 valence electrons. The highest BCUT2D eigenvalue weighted by Crippen LogP contribution is 2.31. The monoisotopic (exact) mass is 288 g/mol. The van der Waals surface area contributed by atoms with E-state index in [1.165, 1.54) is 0 Å². The Bertz CT molecular complexity index is 669. The Balaban J connectivity index is 2.54. The summed E-state index contributed by atoms with van der Waals surface area (Å²) in [7, 11) is 0. The maximum Gasteiger partial charge on any atom is 0.335 e. The normalized spacial score (nSPS) is 12.3. The summed E-state index contributed by atoms with van der Waals surface area (Å²) >= 11 is 0. The van der Waals surface area contributed by atoms with Gasteiger partial charge in [0.2, 0.25) is 0 Å². The zero-order valence-corrected chi connectivity index (χ0v) is 13.5. The van der Waals surface area contributed by atoms with Gasteiger partial charge < -0.3 is 9.67 Å². The van der Waals surface area contributed by atoms with E-state index in [2.05, 4.69) is 44.2 Å². The van der Waals surface area contributed by atoms with Gasteiger partial charge in [0.15, 0.2) is 0 Å². The molecule has 1 aromatic carbocycles. The van der Waals surface area contributed by atoms with Crippen LogP contribution in [-0.2, 0) is 13.0 Å². The van der Waals surface area contributed by atoms with Crippen molar-refractivity contribution in [3.63, 3.8) is 0 Å². The van der Waals surface area contributed by atoms with Crippen LogP contribution in [0.25, 0.3) is 11.0 Å². The molecular formula is C17H24N2O2. The smallest absolute Gasteiger partial charge is 0.335 e. The maximum atomic E-state index is 11.1. The van der Waals surface area contributed by atoms with Crippen molar-refractivity contribution in [3.8, 4) is 0 Å². The van der Waals surface area contributed by atoms with Crippen molar-refractivity contribution in [2.24, 2.45) is 11.3 Å². The zero-order valence-electron chi connectivity index (χ0n) is 13.5. The molecule has 0 aliphatic carbocycles. The van der Waals surface area contributed by atoms with Gasteiger partial charge in [0.05, 0.1) is 16.6 Å². The van der Waals surface area contributed by atoms with E-state index in [9.17, 15) is 4.79 Å². The molecule has 0 bridgehead atoms. The first-order chi connectivity index (χ1) is 9.76. The predicted molar refractivity (Wildman–Crippen MR) is 84.7 cm³/mol. The molecule has 4 heteroatoms. The average Bonchev–Trinajstić information content (AvgIpc) is 2.75. The van der Waals surface area contributed by atoms with E-state index in [1.807, 2.05) is 6.07 Å². The lowest BCUT2D eigenvalue weighted by molar-refractivity contribution is 0.0697. The molecule has 1 aromatic heterocycles. The Morgan fingerprint density at radius 3 is 2.57 bits per heavy atom. The summed E-state index contributed by atoms with van der Waals surface area (Å²) in [4.78, 5) is 15.7. The number of carboxylic acid groups (broad SMARTS) is 1. The van der Waals surface area contributed by atoms with Crippen LogP contribution in [0.1, 0.15) is 50.8 Å². The molecule has 0 atom stereocenters.